The summed E-state index contributed by atoms with van der Waals surface area (Å²) >= 11 is 1.18. The van der Waals surface area contributed by atoms with Crippen LogP contribution in [0.25, 0.3) is 11.4 Å². The monoisotopic (exact) mass is 276 g/mol. The number of pyridine rings is 1. The van der Waals surface area contributed by atoms with E-state index in [4.69, 9.17) is 4.74 Å². The summed E-state index contributed by atoms with van der Waals surface area (Å²) in [6.45, 7) is 2.69. The van der Waals surface area contributed by atoms with Crippen LogP contribution >= 0.6 is 11.7 Å². The van der Waals surface area contributed by atoms with Crippen molar-refractivity contribution < 1.29 is 9.30 Å². The number of ether oxygens (including phenoxy) is 1. The smallest absolute Gasteiger partial charge is 0.260 e. The minimum absolute atomic E-state index is 0.537. The lowest BCUT2D eigenvalue weighted by Gasteiger charge is -2.00. The molecule has 19 heavy (non-hydrogen) atoms. The highest BCUT2D eigenvalue weighted by Crippen LogP contribution is 2.24. The molecular formula is C14H18N3OS+. The van der Waals surface area contributed by atoms with Crippen LogP contribution in [0.1, 0.15) is 19.8 Å². The fraction of sp³-hybridized carbons (Fsp3) is 0.357. The van der Waals surface area contributed by atoms with Gasteiger partial charge in [0.1, 0.15) is 13.7 Å². The molecule has 0 aromatic carbocycles. The first-order valence-electron chi connectivity index (χ1n) is 6.38. The third-order valence-corrected chi connectivity index (χ3v) is 3.21. The quantitative estimate of drug-likeness (QED) is 0.601. The van der Waals surface area contributed by atoms with E-state index in [2.05, 4.69) is 21.7 Å². The molecule has 2 aromatic rings. The van der Waals surface area contributed by atoms with E-state index in [-0.39, 0.29) is 0 Å². The lowest BCUT2D eigenvalue weighted by atomic mass is 10.2. The Bertz CT molecular complexity index is 551. The molecule has 2 aromatic heterocycles. The number of nitrogens with zero attached hydrogens (tertiary/aromatic N) is 3. The molecule has 0 aliphatic carbocycles. The molecule has 4 nitrogen and oxygen atoms in total. The predicted molar refractivity (Wildman–Crippen MR) is 76.1 cm³/mol. The third-order valence-electron chi connectivity index (χ3n) is 2.69. The van der Waals surface area contributed by atoms with Crippen LogP contribution < -0.4 is 9.30 Å². The van der Waals surface area contributed by atoms with Gasteiger partial charge in [-0.2, -0.15) is 8.94 Å². The SMILES string of the molecule is CCCC=CCOc1nsnc1-c1cccc[n+]1C. The maximum atomic E-state index is 5.67. The number of unbranched alkanes of at least 4 members (excludes halogenated alkanes) is 1. The number of hydrogen-bond donors (Lipinski definition) is 0. The Morgan fingerprint density at radius 3 is 3.00 bits per heavy atom. The van der Waals surface area contributed by atoms with Crippen molar-refractivity contribution in [2.24, 2.45) is 7.05 Å². The largest absolute Gasteiger partial charge is 0.471 e. The van der Waals surface area contributed by atoms with Gasteiger partial charge in [-0.15, -0.1) is 4.37 Å². The van der Waals surface area contributed by atoms with E-state index >= 15 is 0 Å². The van der Waals surface area contributed by atoms with Gasteiger partial charge in [0, 0.05) is 12.1 Å². The first-order chi connectivity index (χ1) is 9.33. The zero-order chi connectivity index (χ0) is 13.5. The Balaban J connectivity index is 2.08. The highest BCUT2D eigenvalue weighted by atomic mass is 32.1. The predicted octanol–water partition coefficient (Wildman–Crippen LogP) is 2.76. The summed E-state index contributed by atoms with van der Waals surface area (Å²) in [5, 5.41) is 0. The second-order valence-electron chi connectivity index (χ2n) is 4.19. The molecule has 0 aliphatic rings. The lowest BCUT2D eigenvalue weighted by molar-refractivity contribution is -0.660. The van der Waals surface area contributed by atoms with Gasteiger partial charge in [-0.3, -0.25) is 0 Å². The fourth-order valence-corrected chi connectivity index (χ4v) is 2.19. The fourth-order valence-electron chi connectivity index (χ4n) is 1.68. The summed E-state index contributed by atoms with van der Waals surface area (Å²) in [4.78, 5) is 0. The van der Waals surface area contributed by atoms with Gasteiger partial charge in [-0.25, -0.2) is 0 Å². The maximum Gasteiger partial charge on any atom is 0.260 e. The third kappa shape index (κ3) is 3.61. The van der Waals surface area contributed by atoms with Crippen LogP contribution in [0.5, 0.6) is 5.88 Å². The van der Waals surface area contributed by atoms with Gasteiger partial charge in [0.15, 0.2) is 6.20 Å². The topological polar surface area (TPSA) is 38.9 Å². The Labute approximate surface area is 117 Å². The standard InChI is InChI=1S/C14H18N3OS/c1-3-4-5-8-11-18-14-13(15-19-16-14)12-9-6-7-10-17(12)2/h5-10H,3-4,11H2,1-2H3/q+1. The Kier molecular flexibility index (Phi) is 5.03. The molecule has 0 atom stereocenters. The van der Waals surface area contributed by atoms with E-state index in [0.717, 1.165) is 24.2 Å². The first-order valence-corrected chi connectivity index (χ1v) is 7.11. The average molecular weight is 276 g/mol. The molecule has 0 saturated carbocycles. The molecule has 2 rings (SSSR count). The number of allylic oxidation sites excluding steroid dienone is 1. The van der Waals surface area contributed by atoms with Crippen LogP contribution in [0, 0.1) is 0 Å². The van der Waals surface area contributed by atoms with Crippen molar-refractivity contribution in [2.75, 3.05) is 6.61 Å². The van der Waals surface area contributed by atoms with Crippen LogP contribution in [0.2, 0.25) is 0 Å². The van der Waals surface area contributed by atoms with E-state index in [1.807, 2.05) is 42.1 Å². The first kappa shape index (κ1) is 13.7. The lowest BCUT2D eigenvalue weighted by Crippen LogP contribution is -2.30. The second-order valence-corrected chi connectivity index (χ2v) is 4.71. The van der Waals surface area contributed by atoms with Crippen molar-refractivity contribution in [1.82, 2.24) is 8.75 Å². The second kappa shape index (κ2) is 6.99. The summed E-state index contributed by atoms with van der Waals surface area (Å²) in [6.07, 6.45) is 8.37. The Morgan fingerprint density at radius 1 is 1.32 bits per heavy atom. The Hall–Kier alpha value is -1.75. The van der Waals surface area contributed by atoms with Gasteiger partial charge in [0.05, 0.1) is 11.7 Å². The average Bonchev–Trinajstić information content (AvgIpc) is 2.87. The highest BCUT2D eigenvalue weighted by molar-refractivity contribution is 6.99. The van der Waals surface area contributed by atoms with Crippen LogP contribution in [-0.2, 0) is 7.05 Å². The van der Waals surface area contributed by atoms with Gasteiger partial charge in [0.25, 0.3) is 5.88 Å². The van der Waals surface area contributed by atoms with Crippen LogP contribution in [-0.4, -0.2) is 15.4 Å². The van der Waals surface area contributed by atoms with E-state index in [0.29, 0.717) is 12.5 Å². The molecule has 5 heteroatoms. The van der Waals surface area contributed by atoms with Gasteiger partial charge in [0.2, 0.25) is 11.4 Å². The number of aryl methyl sites for hydroxylation is 1. The van der Waals surface area contributed by atoms with Gasteiger partial charge >= 0.3 is 0 Å². The van der Waals surface area contributed by atoms with Crippen molar-refractivity contribution in [3.8, 4) is 17.3 Å². The van der Waals surface area contributed by atoms with Gasteiger partial charge in [-0.05, 0) is 12.5 Å². The van der Waals surface area contributed by atoms with Gasteiger partial charge in [-0.1, -0.05) is 25.5 Å². The molecule has 100 valence electrons. The summed E-state index contributed by atoms with van der Waals surface area (Å²) < 4.78 is 16.2. The van der Waals surface area contributed by atoms with E-state index in [1.54, 1.807) is 0 Å². The normalized spacial score (nSPS) is 11.1. The molecule has 0 unspecified atom stereocenters. The summed E-state index contributed by atoms with van der Waals surface area (Å²) in [5.74, 6) is 0.605. The van der Waals surface area contributed by atoms with E-state index < -0.39 is 0 Å². The summed E-state index contributed by atoms with van der Waals surface area (Å²) in [6, 6.07) is 5.98. The van der Waals surface area contributed by atoms with Crippen molar-refractivity contribution in [1.29, 1.82) is 0 Å². The Morgan fingerprint density at radius 2 is 2.21 bits per heavy atom. The van der Waals surface area contributed by atoms with Crippen molar-refractivity contribution >= 4 is 11.7 Å². The molecule has 0 spiro atoms. The maximum absolute atomic E-state index is 5.67. The molecule has 0 radical (unpaired) electrons. The molecular weight excluding hydrogens is 258 g/mol. The van der Waals surface area contributed by atoms with E-state index in [1.165, 1.54) is 11.7 Å². The minimum atomic E-state index is 0.537. The van der Waals surface area contributed by atoms with Crippen molar-refractivity contribution in [2.45, 2.75) is 19.8 Å². The van der Waals surface area contributed by atoms with E-state index in [9.17, 15) is 0 Å². The molecule has 0 aliphatic heterocycles. The number of aromatic nitrogens is 3. The van der Waals surface area contributed by atoms with Crippen LogP contribution in [0.4, 0.5) is 0 Å². The van der Waals surface area contributed by atoms with Crippen molar-refractivity contribution in [3.05, 3.63) is 36.5 Å². The summed E-state index contributed by atoms with van der Waals surface area (Å²) in [5.41, 5.74) is 1.81. The summed E-state index contributed by atoms with van der Waals surface area (Å²) in [7, 11) is 1.99. The molecule has 0 bridgehead atoms. The molecule has 2 heterocycles. The molecule has 0 N–H and O–H groups in total. The highest BCUT2D eigenvalue weighted by Gasteiger charge is 2.18. The molecule has 0 amide bonds. The zero-order valence-corrected chi connectivity index (χ0v) is 12.1. The number of hydrogen-bond acceptors (Lipinski definition) is 4. The zero-order valence-electron chi connectivity index (χ0n) is 11.2. The molecule has 0 saturated heterocycles. The minimum Gasteiger partial charge on any atom is -0.471 e. The van der Waals surface area contributed by atoms with Crippen LogP contribution in [0.15, 0.2) is 36.5 Å². The van der Waals surface area contributed by atoms with Crippen molar-refractivity contribution in [3.63, 3.8) is 0 Å². The van der Waals surface area contributed by atoms with Crippen LogP contribution in [0.3, 0.4) is 0 Å². The van der Waals surface area contributed by atoms with Gasteiger partial charge < -0.3 is 4.74 Å². The number of rotatable bonds is 6. The molecule has 0 fully saturated rings.